The molecule has 118 valence electrons. The normalized spacial score (nSPS) is 11.0. The van der Waals surface area contributed by atoms with Crippen LogP contribution in [0.15, 0.2) is 66.9 Å². The second-order valence-electron chi connectivity index (χ2n) is 5.51. The molecule has 0 amide bonds. The largest absolute Gasteiger partial charge is 0.462 e. The van der Waals surface area contributed by atoms with Crippen molar-refractivity contribution in [2.24, 2.45) is 0 Å². The highest BCUT2D eigenvalue weighted by molar-refractivity contribution is 5.99. The lowest BCUT2D eigenvalue weighted by molar-refractivity contribution is 0.0529. The summed E-state index contributed by atoms with van der Waals surface area (Å²) in [6.45, 7) is 2.16. The van der Waals surface area contributed by atoms with E-state index in [0.29, 0.717) is 12.2 Å². The molecule has 0 unspecified atom stereocenters. The van der Waals surface area contributed by atoms with Crippen LogP contribution in [0, 0.1) is 0 Å². The van der Waals surface area contributed by atoms with Crippen LogP contribution in [0.1, 0.15) is 17.3 Å². The first-order chi connectivity index (χ1) is 11.8. The van der Waals surface area contributed by atoms with Crippen LogP contribution in [0.25, 0.3) is 27.8 Å². The molecule has 4 rings (SSSR count). The zero-order chi connectivity index (χ0) is 16.5. The van der Waals surface area contributed by atoms with Gasteiger partial charge in [-0.3, -0.25) is 0 Å². The Morgan fingerprint density at radius 1 is 1.08 bits per heavy atom. The number of benzene rings is 1. The van der Waals surface area contributed by atoms with Gasteiger partial charge in [0.15, 0.2) is 0 Å². The first kappa shape index (κ1) is 14.5. The van der Waals surface area contributed by atoms with Crippen LogP contribution in [0.4, 0.5) is 0 Å². The lowest BCUT2D eigenvalue weighted by Crippen LogP contribution is -2.03. The number of fused-ring (bicyclic) bond motifs is 2. The van der Waals surface area contributed by atoms with Crippen LogP contribution in [0.3, 0.4) is 0 Å². The van der Waals surface area contributed by atoms with Gasteiger partial charge in [0.05, 0.1) is 34.6 Å². The van der Waals surface area contributed by atoms with Gasteiger partial charge in [-0.2, -0.15) is 0 Å². The molecule has 0 saturated carbocycles. The van der Waals surface area contributed by atoms with Crippen LogP contribution in [0.2, 0.25) is 0 Å². The Hall–Kier alpha value is -3.14. The van der Waals surface area contributed by atoms with Gasteiger partial charge in [0, 0.05) is 11.6 Å². The van der Waals surface area contributed by atoms with Crippen molar-refractivity contribution in [1.82, 2.24) is 9.38 Å². The summed E-state index contributed by atoms with van der Waals surface area (Å²) in [5.41, 5.74) is 4.01. The first-order valence-electron chi connectivity index (χ1n) is 7.91. The van der Waals surface area contributed by atoms with E-state index in [1.54, 1.807) is 0 Å². The summed E-state index contributed by atoms with van der Waals surface area (Å²) in [6.07, 6.45) is 1.93. The van der Waals surface area contributed by atoms with Crippen molar-refractivity contribution < 1.29 is 9.53 Å². The fraction of sp³-hybridized carbons (Fsp3) is 0.100. The summed E-state index contributed by atoms with van der Waals surface area (Å²) < 4.78 is 7.16. The Morgan fingerprint density at radius 3 is 2.79 bits per heavy atom. The summed E-state index contributed by atoms with van der Waals surface area (Å²) in [6, 6.07) is 19.6. The highest BCUT2D eigenvalue weighted by Crippen LogP contribution is 2.27. The Morgan fingerprint density at radius 2 is 1.92 bits per heavy atom. The molecule has 0 aliphatic rings. The van der Waals surface area contributed by atoms with Gasteiger partial charge in [-0.1, -0.05) is 30.3 Å². The van der Waals surface area contributed by atoms with Crippen LogP contribution in [-0.4, -0.2) is 22.0 Å². The van der Waals surface area contributed by atoms with E-state index in [2.05, 4.69) is 0 Å². The minimum atomic E-state index is -0.312. The lowest BCUT2D eigenvalue weighted by atomic mass is 10.1. The van der Waals surface area contributed by atoms with Crippen molar-refractivity contribution >= 4 is 22.4 Å². The fourth-order valence-electron chi connectivity index (χ4n) is 2.93. The topological polar surface area (TPSA) is 43.6 Å². The third-order valence-corrected chi connectivity index (χ3v) is 4.03. The Labute approximate surface area is 139 Å². The number of para-hydroxylation sites is 1. The predicted octanol–water partition coefficient (Wildman–Crippen LogP) is 4.33. The van der Waals surface area contributed by atoms with E-state index in [1.165, 1.54) is 0 Å². The van der Waals surface area contributed by atoms with Crippen LogP contribution in [0.5, 0.6) is 0 Å². The zero-order valence-corrected chi connectivity index (χ0v) is 13.3. The number of hydrogen-bond donors (Lipinski definition) is 0. The van der Waals surface area contributed by atoms with Crippen molar-refractivity contribution in [1.29, 1.82) is 0 Å². The van der Waals surface area contributed by atoms with Crippen molar-refractivity contribution in [3.05, 3.63) is 72.4 Å². The molecule has 0 fully saturated rings. The molecule has 4 heteroatoms. The predicted molar refractivity (Wildman–Crippen MR) is 94.1 cm³/mol. The monoisotopic (exact) mass is 316 g/mol. The lowest BCUT2D eigenvalue weighted by Gasteiger charge is -2.04. The van der Waals surface area contributed by atoms with Crippen molar-refractivity contribution in [3.8, 4) is 11.4 Å². The van der Waals surface area contributed by atoms with Crippen molar-refractivity contribution in [3.63, 3.8) is 0 Å². The van der Waals surface area contributed by atoms with Crippen LogP contribution >= 0.6 is 0 Å². The second kappa shape index (κ2) is 5.81. The number of carbonyl (C=O) groups excluding carboxylic acids is 1. The van der Waals surface area contributed by atoms with E-state index in [0.717, 1.165) is 27.8 Å². The number of nitrogens with zero attached hydrogens (tertiary/aromatic N) is 2. The molecule has 0 aliphatic heterocycles. The first-order valence-corrected chi connectivity index (χ1v) is 7.91. The standard InChI is InChI=1S/C20H16N2O2/c1-2-24-20(23)15-13-19(22-12-6-5-9-18(15)22)17-11-10-14-7-3-4-8-16(14)21-17/h3-13H,2H2,1H3. The Balaban J connectivity index is 1.93. The summed E-state index contributed by atoms with van der Waals surface area (Å²) in [7, 11) is 0. The molecular formula is C20H16N2O2. The van der Waals surface area contributed by atoms with Gasteiger partial charge in [-0.25, -0.2) is 9.78 Å². The fourth-order valence-corrected chi connectivity index (χ4v) is 2.93. The molecule has 4 nitrogen and oxygen atoms in total. The molecular weight excluding hydrogens is 300 g/mol. The quantitative estimate of drug-likeness (QED) is 0.528. The molecule has 3 heterocycles. The van der Waals surface area contributed by atoms with Gasteiger partial charge >= 0.3 is 5.97 Å². The number of carbonyl (C=O) groups is 1. The number of rotatable bonds is 3. The molecule has 0 spiro atoms. The number of ether oxygens (including phenoxy) is 1. The van der Waals surface area contributed by atoms with E-state index in [1.807, 2.05) is 78.2 Å². The maximum Gasteiger partial charge on any atom is 0.340 e. The zero-order valence-electron chi connectivity index (χ0n) is 13.3. The number of pyridine rings is 2. The minimum absolute atomic E-state index is 0.312. The highest BCUT2D eigenvalue weighted by atomic mass is 16.5. The molecule has 0 saturated heterocycles. The van der Waals surface area contributed by atoms with E-state index in [4.69, 9.17) is 9.72 Å². The summed E-state index contributed by atoms with van der Waals surface area (Å²) >= 11 is 0. The van der Waals surface area contributed by atoms with Crippen LogP contribution < -0.4 is 0 Å². The van der Waals surface area contributed by atoms with E-state index >= 15 is 0 Å². The Bertz CT molecular complexity index is 1050. The molecule has 0 bridgehead atoms. The molecule has 3 aromatic heterocycles. The van der Waals surface area contributed by atoms with Gasteiger partial charge in [0.2, 0.25) is 0 Å². The molecule has 0 radical (unpaired) electrons. The van der Waals surface area contributed by atoms with Gasteiger partial charge in [-0.05, 0) is 37.3 Å². The molecule has 1 aromatic carbocycles. The molecule has 0 N–H and O–H groups in total. The summed E-state index contributed by atoms with van der Waals surface area (Å²) in [4.78, 5) is 17.0. The minimum Gasteiger partial charge on any atom is -0.462 e. The average Bonchev–Trinajstić information content (AvgIpc) is 3.01. The van der Waals surface area contributed by atoms with E-state index in [9.17, 15) is 4.79 Å². The van der Waals surface area contributed by atoms with E-state index in [-0.39, 0.29) is 5.97 Å². The highest BCUT2D eigenvalue weighted by Gasteiger charge is 2.17. The average molecular weight is 316 g/mol. The van der Waals surface area contributed by atoms with E-state index < -0.39 is 0 Å². The maximum atomic E-state index is 12.3. The number of aromatic nitrogens is 2. The Kier molecular flexibility index (Phi) is 3.50. The smallest absolute Gasteiger partial charge is 0.340 e. The molecule has 0 aliphatic carbocycles. The number of hydrogen-bond acceptors (Lipinski definition) is 3. The SMILES string of the molecule is CCOC(=O)c1cc(-c2ccc3ccccc3n2)n2ccccc12. The number of esters is 1. The van der Waals surface area contributed by atoms with Gasteiger partial charge in [-0.15, -0.1) is 0 Å². The second-order valence-corrected chi connectivity index (χ2v) is 5.51. The van der Waals surface area contributed by atoms with Crippen molar-refractivity contribution in [2.75, 3.05) is 6.61 Å². The van der Waals surface area contributed by atoms with Gasteiger partial charge < -0.3 is 9.14 Å². The van der Waals surface area contributed by atoms with Gasteiger partial charge in [0.1, 0.15) is 0 Å². The van der Waals surface area contributed by atoms with Crippen LogP contribution in [-0.2, 0) is 4.74 Å². The maximum absolute atomic E-state index is 12.3. The molecule has 4 aromatic rings. The van der Waals surface area contributed by atoms with Crippen molar-refractivity contribution in [2.45, 2.75) is 6.92 Å². The molecule has 24 heavy (non-hydrogen) atoms. The third-order valence-electron chi connectivity index (χ3n) is 4.03. The summed E-state index contributed by atoms with van der Waals surface area (Å²) in [5, 5.41) is 1.09. The third kappa shape index (κ3) is 2.33. The summed E-state index contributed by atoms with van der Waals surface area (Å²) in [5.74, 6) is -0.312. The molecule has 0 atom stereocenters. The van der Waals surface area contributed by atoms with Gasteiger partial charge in [0.25, 0.3) is 0 Å².